The summed E-state index contributed by atoms with van der Waals surface area (Å²) in [7, 11) is 2.26. The molecule has 1 aliphatic heterocycles. The Kier molecular flexibility index (Phi) is 3.18. The number of hydrogen-bond donors (Lipinski definition) is 0. The molecule has 0 N–H and O–H groups in total. The van der Waals surface area contributed by atoms with Crippen LogP contribution < -0.4 is 0 Å². The maximum atomic E-state index is 4.89. The van der Waals surface area contributed by atoms with E-state index < -0.39 is 0 Å². The molecular formula is C17H24N2S. The number of benzene rings is 1. The van der Waals surface area contributed by atoms with Crippen molar-refractivity contribution in [1.82, 2.24) is 9.88 Å². The standard InChI is InChI=1S/C17H24N2S/c1-16(2)10-12(11-17(3,4)19(16)5)15-18-13-8-6-7-9-14(13)20-15/h6-9,12H,10-11H2,1-5H3. The van der Waals surface area contributed by atoms with Gasteiger partial charge in [-0.1, -0.05) is 12.1 Å². The van der Waals surface area contributed by atoms with Crippen LogP contribution in [0.2, 0.25) is 0 Å². The third kappa shape index (κ3) is 2.27. The van der Waals surface area contributed by atoms with Gasteiger partial charge in [-0.3, -0.25) is 4.90 Å². The second-order valence-corrected chi connectivity index (χ2v) is 8.37. The zero-order valence-corrected chi connectivity index (χ0v) is 13.9. The number of para-hydroxylation sites is 1. The smallest absolute Gasteiger partial charge is 0.0970 e. The van der Waals surface area contributed by atoms with Crippen LogP contribution >= 0.6 is 11.3 Å². The zero-order valence-electron chi connectivity index (χ0n) is 13.1. The quantitative estimate of drug-likeness (QED) is 0.758. The number of likely N-dealkylation sites (tertiary alicyclic amines) is 1. The molecule has 1 saturated heterocycles. The number of nitrogens with zero attached hydrogens (tertiary/aromatic N) is 2. The molecule has 1 aromatic carbocycles. The van der Waals surface area contributed by atoms with Crippen LogP contribution in [-0.4, -0.2) is 28.0 Å². The Balaban J connectivity index is 1.97. The Labute approximate surface area is 125 Å². The molecule has 3 rings (SSSR count). The second-order valence-electron chi connectivity index (χ2n) is 7.31. The van der Waals surface area contributed by atoms with Gasteiger partial charge in [-0.2, -0.15) is 0 Å². The van der Waals surface area contributed by atoms with E-state index in [0.29, 0.717) is 5.92 Å². The molecule has 0 amide bonds. The summed E-state index contributed by atoms with van der Waals surface area (Å²) in [6.45, 7) is 9.42. The predicted octanol–water partition coefficient (Wildman–Crippen LogP) is 4.66. The van der Waals surface area contributed by atoms with Crippen molar-refractivity contribution < 1.29 is 0 Å². The first kappa shape index (κ1) is 14.0. The molecular weight excluding hydrogens is 264 g/mol. The molecule has 2 aromatic rings. The van der Waals surface area contributed by atoms with Gasteiger partial charge in [-0.25, -0.2) is 4.98 Å². The largest absolute Gasteiger partial charge is 0.296 e. The summed E-state index contributed by atoms with van der Waals surface area (Å²) in [5.74, 6) is 0.577. The van der Waals surface area contributed by atoms with Crippen LogP contribution in [0.4, 0.5) is 0 Å². The average molecular weight is 288 g/mol. The average Bonchev–Trinajstić information content (AvgIpc) is 2.79. The summed E-state index contributed by atoms with van der Waals surface area (Å²) >= 11 is 1.88. The van der Waals surface area contributed by atoms with Crippen LogP contribution in [0.5, 0.6) is 0 Å². The molecule has 0 saturated carbocycles. The lowest BCUT2D eigenvalue weighted by atomic mass is 9.74. The summed E-state index contributed by atoms with van der Waals surface area (Å²) in [6, 6.07) is 8.49. The molecule has 108 valence electrons. The van der Waals surface area contributed by atoms with Crippen LogP contribution in [0.3, 0.4) is 0 Å². The topological polar surface area (TPSA) is 16.1 Å². The number of thiazole rings is 1. The highest BCUT2D eigenvalue weighted by Crippen LogP contribution is 2.45. The van der Waals surface area contributed by atoms with Gasteiger partial charge in [0.2, 0.25) is 0 Å². The molecule has 0 spiro atoms. The lowest BCUT2D eigenvalue weighted by Crippen LogP contribution is -2.58. The Morgan fingerprint density at radius 1 is 1.10 bits per heavy atom. The SMILES string of the molecule is CN1C(C)(C)CC(c2nc3ccccc3s2)CC1(C)C. The third-order valence-electron chi connectivity index (χ3n) is 4.97. The van der Waals surface area contributed by atoms with Crippen molar-refractivity contribution in [1.29, 1.82) is 0 Å². The van der Waals surface area contributed by atoms with Gasteiger partial charge in [0.25, 0.3) is 0 Å². The van der Waals surface area contributed by atoms with Crippen LogP contribution in [0.25, 0.3) is 10.2 Å². The molecule has 0 bridgehead atoms. The Morgan fingerprint density at radius 2 is 1.70 bits per heavy atom. The van der Waals surface area contributed by atoms with Crippen LogP contribution in [0, 0.1) is 0 Å². The highest BCUT2D eigenvalue weighted by atomic mass is 32.1. The first-order valence-corrected chi connectivity index (χ1v) is 8.21. The molecule has 0 atom stereocenters. The van der Waals surface area contributed by atoms with Gasteiger partial charge >= 0.3 is 0 Å². The van der Waals surface area contributed by atoms with E-state index in [-0.39, 0.29) is 11.1 Å². The maximum absolute atomic E-state index is 4.89. The summed E-state index contributed by atoms with van der Waals surface area (Å²) in [4.78, 5) is 7.42. The summed E-state index contributed by atoms with van der Waals surface area (Å²) < 4.78 is 1.32. The zero-order chi connectivity index (χ0) is 14.5. The monoisotopic (exact) mass is 288 g/mol. The number of aromatic nitrogens is 1. The molecule has 1 aliphatic rings. The van der Waals surface area contributed by atoms with Crippen molar-refractivity contribution in [3.8, 4) is 0 Å². The molecule has 1 aromatic heterocycles. The van der Waals surface area contributed by atoms with Crippen molar-refractivity contribution in [3.63, 3.8) is 0 Å². The van der Waals surface area contributed by atoms with Crippen molar-refractivity contribution in [2.24, 2.45) is 0 Å². The van der Waals surface area contributed by atoms with Crippen molar-refractivity contribution in [2.75, 3.05) is 7.05 Å². The first-order valence-electron chi connectivity index (χ1n) is 7.39. The van der Waals surface area contributed by atoms with Crippen molar-refractivity contribution in [2.45, 2.75) is 57.5 Å². The van der Waals surface area contributed by atoms with Gasteiger partial charge in [0.05, 0.1) is 15.2 Å². The maximum Gasteiger partial charge on any atom is 0.0970 e. The Bertz CT molecular complexity index is 576. The van der Waals surface area contributed by atoms with E-state index in [4.69, 9.17) is 4.98 Å². The van der Waals surface area contributed by atoms with Gasteiger partial charge in [0.15, 0.2) is 0 Å². The fourth-order valence-corrected chi connectivity index (χ4v) is 4.68. The van der Waals surface area contributed by atoms with Gasteiger partial charge in [0, 0.05) is 17.0 Å². The van der Waals surface area contributed by atoms with E-state index in [0.717, 1.165) is 5.52 Å². The van der Waals surface area contributed by atoms with Crippen LogP contribution in [0.1, 0.15) is 51.5 Å². The molecule has 2 nitrogen and oxygen atoms in total. The first-order chi connectivity index (χ1) is 9.29. The van der Waals surface area contributed by atoms with Gasteiger partial charge in [-0.05, 0) is 59.7 Å². The van der Waals surface area contributed by atoms with Gasteiger partial charge in [0.1, 0.15) is 0 Å². The van der Waals surface area contributed by atoms with Gasteiger partial charge in [-0.15, -0.1) is 11.3 Å². The van der Waals surface area contributed by atoms with E-state index >= 15 is 0 Å². The predicted molar refractivity (Wildman–Crippen MR) is 87.5 cm³/mol. The summed E-state index contributed by atoms with van der Waals surface area (Å²) in [5, 5.41) is 1.32. The van der Waals surface area contributed by atoms with Crippen molar-refractivity contribution >= 4 is 21.6 Å². The molecule has 20 heavy (non-hydrogen) atoms. The van der Waals surface area contributed by atoms with E-state index in [1.54, 1.807) is 0 Å². The number of piperidine rings is 1. The lowest BCUT2D eigenvalue weighted by Gasteiger charge is -2.53. The van der Waals surface area contributed by atoms with Crippen LogP contribution in [0.15, 0.2) is 24.3 Å². The van der Waals surface area contributed by atoms with E-state index in [9.17, 15) is 0 Å². The highest BCUT2D eigenvalue weighted by molar-refractivity contribution is 7.18. The molecule has 0 radical (unpaired) electrons. The fourth-order valence-electron chi connectivity index (χ4n) is 3.61. The van der Waals surface area contributed by atoms with Crippen LogP contribution in [-0.2, 0) is 0 Å². The van der Waals surface area contributed by atoms with E-state index in [2.05, 4.69) is 63.9 Å². The minimum atomic E-state index is 0.226. The molecule has 0 unspecified atom stereocenters. The Morgan fingerprint density at radius 3 is 2.30 bits per heavy atom. The van der Waals surface area contributed by atoms with Gasteiger partial charge < -0.3 is 0 Å². The summed E-state index contributed by atoms with van der Waals surface area (Å²) in [6.07, 6.45) is 2.37. The molecule has 0 aliphatic carbocycles. The third-order valence-corrected chi connectivity index (χ3v) is 6.17. The number of fused-ring (bicyclic) bond motifs is 1. The van der Waals surface area contributed by atoms with Crippen molar-refractivity contribution in [3.05, 3.63) is 29.3 Å². The minimum absolute atomic E-state index is 0.226. The molecule has 2 heterocycles. The molecule has 1 fully saturated rings. The minimum Gasteiger partial charge on any atom is -0.296 e. The second kappa shape index (κ2) is 4.54. The van der Waals surface area contributed by atoms with E-state index in [1.807, 2.05) is 11.3 Å². The molecule has 3 heteroatoms. The van der Waals surface area contributed by atoms with E-state index in [1.165, 1.54) is 22.5 Å². The highest BCUT2D eigenvalue weighted by Gasteiger charge is 2.44. The number of rotatable bonds is 1. The normalized spacial score (nSPS) is 23.2. The summed E-state index contributed by atoms with van der Waals surface area (Å²) in [5.41, 5.74) is 1.61. The fraction of sp³-hybridized carbons (Fsp3) is 0.588. The lowest BCUT2D eigenvalue weighted by molar-refractivity contribution is -0.0128. The Hall–Kier alpha value is -0.930. The number of hydrogen-bond acceptors (Lipinski definition) is 3.